The smallest absolute Gasteiger partial charge is 0.341 e. The van der Waals surface area contributed by atoms with Gasteiger partial charge in [0.15, 0.2) is 0 Å². The molecule has 7 nitrogen and oxygen atoms in total. The number of hydrogen-bond acceptors (Lipinski definition) is 5. The number of ether oxygens (including phenoxy) is 1. The number of amides is 3. The van der Waals surface area contributed by atoms with Crippen LogP contribution < -0.4 is 10.6 Å². The molecule has 0 saturated heterocycles. The lowest BCUT2D eigenvalue weighted by molar-refractivity contribution is 0.0601. The molecule has 1 aromatic carbocycles. The third-order valence-corrected chi connectivity index (χ3v) is 5.24. The van der Waals surface area contributed by atoms with Gasteiger partial charge in [0.05, 0.1) is 17.6 Å². The Bertz CT molecular complexity index is 829. The molecule has 1 aromatic heterocycles. The molecule has 2 aromatic rings. The first-order valence-corrected chi connectivity index (χ1v) is 9.38. The first kappa shape index (κ1) is 20.4. The molecule has 2 rings (SSSR count). The lowest BCUT2D eigenvalue weighted by atomic mass is 10.1. The maximum atomic E-state index is 12.7. The van der Waals surface area contributed by atoms with E-state index >= 15 is 0 Å². The van der Waals surface area contributed by atoms with E-state index in [1.54, 1.807) is 36.1 Å². The van der Waals surface area contributed by atoms with E-state index in [1.807, 2.05) is 19.9 Å². The van der Waals surface area contributed by atoms with Crippen LogP contribution in [-0.4, -0.2) is 43.0 Å². The van der Waals surface area contributed by atoms with E-state index in [4.69, 9.17) is 4.74 Å². The molecule has 0 atom stereocenters. The maximum Gasteiger partial charge on any atom is 0.341 e. The number of esters is 1. The number of nitrogens with zero attached hydrogens (tertiary/aromatic N) is 1. The van der Waals surface area contributed by atoms with Gasteiger partial charge in [0.25, 0.3) is 5.91 Å². The Labute approximate surface area is 162 Å². The summed E-state index contributed by atoms with van der Waals surface area (Å²) < 4.78 is 4.83. The highest BCUT2D eigenvalue weighted by Gasteiger charge is 2.28. The zero-order chi connectivity index (χ0) is 20.0. The van der Waals surface area contributed by atoms with E-state index in [1.165, 1.54) is 7.11 Å². The minimum Gasteiger partial charge on any atom is -0.465 e. The fourth-order valence-corrected chi connectivity index (χ4v) is 3.75. The van der Waals surface area contributed by atoms with Crippen LogP contribution in [0.15, 0.2) is 30.3 Å². The number of rotatable bonds is 6. The number of nitrogens with one attached hydrogen (secondary N) is 2. The number of para-hydroxylation sites is 1. The second kappa shape index (κ2) is 9.18. The average Bonchev–Trinajstić information content (AvgIpc) is 2.98. The summed E-state index contributed by atoms with van der Waals surface area (Å²) in [5.74, 6) is -0.776. The van der Waals surface area contributed by atoms with Gasteiger partial charge in [-0.25, -0.2) is 9.59 Å². The summed E-state index contributed by atoms with van der Waals surface area (Å²) in [6.45, 7) is 6.56. The Morgan fingerprint density at radius 3 is 2.26 bits per heavy atom. The van der Waals surface area contributed by atoms with Crippen molar-refractivity contribution in [1.29, 1.82) is 0 Å². The molecule has 0 saturated carbocycles. The first-order valence-electron chi connectivity index (χ1n) is 8.56. The fraction of sp³-hybridized carbons (Fsp3) is 0.316. The summed E-state index contributed by atoms with van der Waals surface area (Å²) in [5, 5.41) is 5.63. The van der Waals surface area contributed by atoms with E-state index < -0.39 is 12.0 Å². The monoisotopic (exact) mass is 389 g/mol. The Hall–Kier alpha value is -2.87. The molecule has 144 valence electrons. The highest BCUT2D eigenvalue weighted by molar-refractivity contribution is 7.18. The zero-order valence-electron chi connectivity index (χ0n) is 15.8. The van der Waals surface area contributed by atoms with Crippen molar-refractivity contribution in [1.82, 2.24) is 4.90 Å². The normalized spacial score (nSPS) is 10.2. The van der Waals surface area contributed by atoms with Gasteiger partial charge in [-0.15, -0.1) is 11.3 Å². The predicted molar refractivity (Wildman–Crippen MR) is 107 cm³/mol. The minimum atomic E-state index is -0.600. The second-order valence-corrected chi connectivity index (χ2v) is 6.70. The second-order valence-electron chi connectivity index (χ2n) is 5.67. The van der Waals surface area contributed by atoms with Gasteiger partial charge in [-0.1, -0.05) is 18.2 Å². The first-order chi connectivity index (χ1) is 12.9. The average molecular weight is 389 g/mol. The molecule has 0 bridgehead atoms. The van der Waals surface area contributed by atoms with E-state index in [-0.39, 0.29) is 16.5 Å². The summed E-state index contributed by atoms with van der Waals surface area (Å²) in [6, 6.07) is 8.42. The van der Waals surface area contributed by atoms with E-state index in [0.29, 0.717) is 29.2 Å². The van der Waals surface area contributed by atoms with Crippen LogP contribution in [0.2, 0.25) is 0 Å². The number of carbonyl (C=O) groups is 3. The van der Waals surface area contributed by atoms with Crippen molar-refractivity contribution in [2.24, 2.45) is 0 Å². The van der Waals surface area contributed by atoms with Crippen LogP contribution >= 0.6 is 11.3 Å². The number of carbonyl (C=O) groups excluding carboxylic acids is 3. The number of anilines is 2. The predicted octanol–water partition coefficient (Wildman–Crippen LogP) is 3.97. The van der Waals surface area contributed by atoms with Gasteiger partial charge >= 0.3 is 12.0 Å². The molecule has 0 spiro atoms. The van der Waals surface area contributed by atoms with Gasteiger partial charge in [0, 0.05) is 18.8 Å². The summed E-state index contributed by atoms with van der Waals surface area (Å²) in [4.78, 5) is 39.4. The topological polar surface area (TPSA) is 87.7 Å². The molecule has 1 heterocycles. The molecule has 8 heteroatoms. The third-order valence-electron chi connectivity index (χ3n) is 4.04. The minimum absolute atomic E-state index is 0.177. The Morgan fingerprint density at radius 1 is 1.07 bits per heavy atom. The van der Waals surface area contributed by atoms with Crippen molar-refractivity contribution < 1.29 is 19.1 Å². The summed E-state index contributed by atoms with van der Waals surface area (Å²) in [5.41, 5.74) is 1.31. The van der Waals surface area contributed by atoms with Gasteiger partial charge in [-0.05, 0) is 38.5 Å². The molecule has 0 aliphatic rings. The summed E-state index contributed by atoms with van der Waals surface area (Å²) >= 11 is 1.07. The van der Waals surface area contributed by atoms with Gasteiger partial charge in [-0.3, -0.25) is 10.1 Å². The largest absolute Gasteiger partial charge is 0.465 e. The quantitative estimate of drug-likeness (QED) is 0.732. The van der Waals surface area contributed by atoms with Crippen LogP contribution in [0.5, 0.6) is 0 Å². The van der Waals surface area contributed by atoms with Gasteiger partial charge < -0.3 is 15.0 Å². The molecule has 27 heavy (non-hydrogen) atoms. The number of methoxy groups -OCH3 is 1. The van der Waals surface area contributed by atoms with Crippen molar-refractivity contribution in [3.8, 4) is 0 Å². The van der Waals surface area contributed by atoms with Crippen molar-refractivity contribution in [3.05, 3.63) is 46.3 Å². The molecule has 0 aliphatic carbocycles. The van der Waals surface area contributed by atoms with Gasteiger partial charge in [0.1, 0.15) is 5.00 Å². The molecular formula is C19H23N3O4S. The fourth-order valence-electron chi connectivity index (χ4n) is 2.59. The van der Waals surface area contributed by atoms with Crippen molar-refractivity contribution >= 4 is 39.9 Å². The van der Waals surface area contributed by atoms with Crippen LogP contribution in [0, 0.1) is 6.92 Å². The van der Waals surface area contributed by atoms with Crippen LogP contribution in [0.25, 0.3) is 0 Å². The molecule has 3 amide bonds. The molecule has 0 aliphatic heterocycles. The molecule has 0 unspecified atom stereocenters. The highest BCUT2D eigenvalue weighted by Crippen LogP contribution is 2.34. The molecule has 0 fully saturated rings. The lowest BCUT2D eigenvalue weighted by Crippen LogP contribution is -2.30. The Morgan fingerprint density at radius 2 is 1.70 bits per heavy atom. The van der Waals surface area contributed by atoms with Crippen molar-refractivity contribution in [3.63, 3.8) is 0 Å². The third kappa shape index (κ3) is 4.65. The summed E-state index contributed by atoms with van der Waals surface area (Å²) in [7, 11) is 1.26. The van der Waals surface area contributed by atoms with Crippen LogP contribution in [0.4, 0.5) is 15.5 Å². The lowest BCUT2D eigenvalue weighted by Gasteiger charge is -2.17. The van der Waals surface area contributed by atoms with Crippen molar-refractivity contribution in [2.45, 2.75) is 20.8 Å². The number of benzene rings is 1. The number of hydrogen-bond donors (Lipinski definition) is 2. The number of urea groups is 1. The molecule has 2 N–H and O–H groups in total. The van der Waals surface area contributed by atoms with Crippen molar-refractivity contribution in [2.75, 3.05) is 30.8 Å². The van der Waals surface area contributed by atoms with Crippen LogP contribution in [0.1, 0.15) is 39.4 Å². The SMILES string of the molecule is CCN(CC)C(=O)c1sc(NC(=O)Nc2ccccc2)c(C(=O)OC)c1C. The van der Waals surface area contributed by atoms with E-state index in [9.17, 15) is 14.4 Å². The zero-order valence-corrected chi connectivity index (χ0v) is 16.6. The highest BCUT2D eigenvalue weighted by atomic mass is 32.1. The summed E-state index contributed by atoms with van der Waals surface area (Å²) in [6.07, 6.45) is 0. The van der Waals surface area contributed by atoms with Gasteiger partial charge in [0.2, 0.25) is 0 Å². The van der Waals surface area contributed by atoms with E-state index in [0.717, 1.165) is 11.3 Å². The Kier molecular flexibility index (Phi) is 6.95. The molecule has 0 radical (unpaired) electrons. The maximum absolute atomic E-state index is 12.7. The van der Waals surface area contributed by atoms with Crippen LogP contribution in [0.3, 0.4) is 0 Å². The molecular weight excluding hydrogens is 366 g/mol. The standard InChI is InChI=1S/C19H23N3O4S/c1-5-22(6-2)17(23)15-12(3)14(18(24)26-4)16(27-15)21-19(25)20-13-10-8-7-9-11-13/h7-11H,5-6H2,1-4H3,(H2,20,21,25). The van der Waals surface area contributed by atoms with E-state index in [2.05, 4.69) is 10.6 Å². The Balaban J connectivity index is 2.34. The van der Waals surface area contributed by atoms with Crippen LogP contribution in [-0.2, 0) is 4.74 Å². The number of thiophene rings is 1. The van der Waals surface area contributed by atoms with Gasteiger partial charge in [-0.2, -0.15) is 0 Å².